The van der Waals surface area contributed by atoms with Crippen LogP contribution in [0.2, 0.25) is 0 Å². The van der Waals surface area contributed by atoms with Crippen LogP contribution < -0.4 is 15.0 Å². The number of hydrogen-bond acceptors (Lipinski definition) is 1. The minimum atomic E-state index is 0.856. The number of ether oxygens (including phenoxy) is 1. The van der Waals surface area contributed by atoms with Crippen LogP contribution >= 0.6 is 0 Å². The first-order valence-electron chi connectivity index (χ1n) is 8.19. The van der Waals surface area contributed by atoms with E-state index in [-0.39, 0.29) is 0 Å². The molecule has 1 aromatic carbocycles. The highest BCUT2D eigenvalue weighted by Gasteiger charge is 2.13. The van der Waals surface area contributed by atoms with E-state index in [2.05, 4.69) is 36.5 Å². The molecule has 1 aliphatic heterocycles. The lowest BCUT2D eigenvalue weighted by Gasteiger charge is -2.21. The van der Waals surface area contributed by atoms with E-state index in [0.717, 1.165) is 12.4 Å². The molecule has 0 aliphatic carbocycles. The largest absolute Gasteiger partial charge is 0.494 e. The predicted molar refractivity (Wildman–Crippen MR) is 82.4 cm³/mol. The van der Waals surface area contributed by atoms with E-state index in [4.69, 9.17) is 4.74 Å². The Balaban J connectivity index is 1.44. The Labute approximate surface area is 123 Å². The van der Waals surface area contributed by atoms with Crippen LogP contribution in [0.15, 0.2) is 24.3 Å². The third kappa shape index (κ3) is 5.93. The van der Waals surface area contributed by atoms with Gasteiger partial charge in [-0.1, -0.05) is 17.7 Å². The van der Waals surface area contributed by atoms with Gasteiger partial charge in [0, 0.05) is 0 Å². The topological polar surface area (TPSA) is 30.3 Å². The number of piperazine rings is 1. The molecule has 3 N–H and O–H groups in total. The SMILES string of the molecule is Cc1ccc(OCCCCCC[NH+]2CC[NH2+]CC2)cc1. The van der Waals surface area contributed by atoms with Crippen molar-refractivity contribution in [2.75, 3.05) is 39.3 Å². The fourth-order valence-electron chi connectivity index (χ4n) is 2.79. The minimum Gasteiger partial charge on any atom is -0.494 e. The zero-order valence-electron chi connectivity index (χ0n) is 12.9. The lowest BCUT2D eigenvalue weighted by atomic mass is 10.2. The molecule has 1 aliphatic rings. The summed E-state index contributed by atoms with van der Waals surface area (Å²) in [5, 5.41) is 2.44. The number of aryl methyl sites for hydroxylation is 1. The van der Waals surface area contributed by atoms with Crippen molar-refractivity contribution in [3.05, 3.63) is 29.8 Å². The summed E-state index contributed by atoms with van der Waals surface area (Å²) in [6, 6.07) is 8.33. The van der Waals surface area contributed by atoms with Gasteiger partial charge in [-0.2, -0.15) is 0 Å². The van der Waals surface area contributed by atoms with Crippen molar-refractivity contribution in [3.8, 4) is 5.75 Å². The molecule has 0 unspecified atom stereocenters. The molecule has 2 rings (SSSR count). The quantitative estimate of drug-likeness (QED) is 0.662. The highest BCUT2D eigenvalue weighted by atomic mass is 16.5. The van der Waals surface area contributed by atoms with Gasteiger partial charge >= 0.3 is 0 Å². The molecule has 1 aromatic rings. The molecule has 0 atom stereocenters. The average molecular weight is 278 g/mol. The van der Waals surface area contributed by atoms with Gasteiger partial charge in [0.05, 0.1) is 13.2 Å². The van der Waals surface area contributed by atoms with Crippen molar-refractivity contribution >= 4 is 0 Å². The van der Waals surface area contributed by atoms with Crippen molar-refractivity contribution in [2.24, 2.45) is 0 Å². The minimum absolute atomic E-state index is 0.856. The van der Waals surface area contributed by atoms with Crippen LogP contribution in [0.3, 0.4) is 0 Å². The maximum Gasteiger partial charge on any atom is 0.127 e. The summed E-state index contributed by atoms with van der Waals surface area (Å²) in [4.78, 5) is 1.81. The molecule has 0 spiro atoms. The summed E-state index contributed by atoms with van der Waals surface area (Å²) in [7, 11) is 0. The predicted octanol–water partition coefficient (Wildman–Crippen LogP) is 0.396. The van der Waals surface area contributed by atoms with Crippen LogP contribution in [0.1, 0.15) is 31.2 Å². The van der Waals surface area contributed by atoms with Gasteiger partial charge in [0.2, 0.25) is 0 Å². The standard InChI is InChI=1S/C17H28N2O/c1-16-6-8-17(9-7-16)20-15-5-3-2-4-12-19-13-10-18-11-14-19/h6-9,18H,2-5,10-15H2,1H3/p+2. The van der Waals surface area contributed by atoms with Gasteiger partial charge in [-0.25, -0.2) is 0 Å². The summed E-state index contributed by atoms with van der Waals surface area (Å²) in [6.45, 7) is 9.68. The first kappa shape index (κ1) is 15.3. The molecule has 0 saturated carbocycles. The van der Waals surface area contributed by atoms with Gasteiger partial charge in [0.25, 0.3) is 0 Å². The first-order valence-corrected chi connectivity index (χ1v) is 8.19. The van der Waals surface area contributed by atoms with Gasteiger partial charge < -0.3 is 15.0 Å². The summed E-state index contributed by atoms with van der Waals surface area (Å²) in [5.41, 5.74) is 1.29. The molecule has 0 radical (unpaired) electrons. The van der Waals surface area contributed by atoms with E-state index < -0.39 is 0 Å². The van der Waals surface area contributed by atoms with E-state index >= 15 is 0 Å². The van der Waals surface area contributed by atoms with Crippen molar-refractivity contribution < 1.29 is 15.0 Å². The molecule has 1 saturated heterocycles. The molecule has 1 heterocycles. The smallest absolute Gasteiger partial charge is 0.127 e. The Hall–Kier alpha value is -1.06. The van der Waals surface area contributed by atoms with Gasteiger partial charge in [-0.05, 0) is 44.7 Å². The lowest BCUT2D eigenvalue weighted by molar-refractivity contribution is -0.946. The highest BCUT2D eigenvalue weighted by molar-refractivity contribution is 5.26. The Kier molecular flexibility index (Phi) is 6.89. The molecule has 1 fully saturated rings. The molecule has 3 heteroatoms. The van der Waals surface area contributed by atoms with Crippen LogP contribution in [0.25, 0.3) is 0 Å². The molecule has 0 bridgehead atoms. The maximum atomic E-state index is 5.75. The second-order valence-electron chi connectivity index (χ2n) is 5.94. The van der Waals surface area contributed by atoms with E-state index in [1.807, 2.05) is 4.90 Å². The van der Waals surface area contributed by atoms with E-state index in [9.17, 15) is 0 Å². The normalized spacial score (nSPS) is 16.2. The number of rotatable bonds is 8. The maximum absolute atomic E-state index is 5.75. The van der Waals surface area contributed by atoms with E-state index in [1.165, 1.54) is 64.0 Å². The number of hydrogen-bond donors (Lipinski definition) is 2. The van der Waals surface area contributed by atoms with Crippen molar-refractivity contribution in [1.82, 2.24) is 0 Å². The average Bonchev–Trinajstić information content (AvgIpc) is 2.49. The van der Waals surface area contributed by atoms with Crippen molar-refractivity contribution in [1.29, 1.82) is 0 Å². The van der Waals surface area contributed by atoms with Gasteiger partial charge in [0.1, 0.15) is 31.9 Å². The molecule has 0 aromatic heterocycles. The first-order chi connectivity index (χ1) is 9.84. The summed E-state index contributed by atoms with van der Waals surface area (Å²) in [6.07, 6.45) is 5.20. The molecular formula is C17H30N2O+2. The summed E-state index contributed by atoms with van der Waals surface area (Å²) < 4.78 is 5.75. The number of nitrogens with one attached hydrogen (secondary N) is 1. The second-order valence-corrected chi connectivity index (χ2v) is 5.94. The number of unbranched alkanes of at least 4 members (excludes halogenated alkanes) is 3. The molecular weight excluding hydrogens is 248 g/mol. The fourth-order valence-corrected chi connectivity index (χ4v) is 2.79. The van der Waals surface area contributed by atoms with Crippen LogP contribution in [-0.4, -0.2) is 39.3 Å². The number of benzene rings is 1. The van der Waals surface area contributed by atoms with Gasteiger partial charge in [0.15, 0.2) is 0 Å². The molecule has 20 heavy (non-hydrogen) atoms. The van der Waals surface area contributed by atoms with Crippen LogP contribution in [0, 0.1) is 6.92 Å². The van der Waals surface area contributed by atoms with Crippen LogP contribution in [0.4, 0.5) is 0 Å². The molecule has 112 valence electrons. The third-order valence-electron chi connectivity index (χ3n) is 4.12. The van der Waals surface area contributed by atoms with Crippen molar-refractivity contribution in [2.45, 2.75) is 32.6 Å². The van der Waals surface area contributed by atoms with Crippen LogP contribution in [-0.2, 0) is 0 Å². The number of quaternary nitrogens is 2. The van der Waals surface area contributed by atoms with Gasteiger partial charge in [-0.3, -0.25) is 0 Å². The van der Waals surface area contributed by atoms with Crippen LogP contribution in [0.5, 0.6) is 5.75 Å². The fraction of sp³-hybridized carbons (Fsp3) is 0.647. The number of nitrogens with two attached hydrogens (primary N) is 1. The van der Waals surface area contributed by atoms with Crippen molar-refractivity contribution in [3.63, 3.8) is 0 Å². The van der Waals surface area contributed by atoms with Gasteiger partial charge in [-0.15, -0.1) is 0 Å². The zero-order chi connectivity index (χ0) is 14.0. The Morgan fingerprint density at radius 1 is 1.00 bits per heavy atom. The molecule has 0 amide bonds. The summed E-state index contributed by atoms with van der Waals surface area (Å²) >= 11 is 0. The Morgan fingerprint density at radius 3 is 2.45 bits per heavy atom. The third-order valence-corrected chi connectivity index (χ3v) is 4.12. The Bertz CT molecular complexity index is 358. The monoisotopic (exact) mass is 278 g/mol. The molecule has 3 nitrogen and oxygen atoms in total. The lowest BCUT2D eigenvalue weighted by Crippen LogP contribution is -3.20. The summed E-state index contributed by atoms with van der Waals surface area (Å²) in [5.74, 6) is 1.00. The van der Waals surface area contributed by atoms with E-state index in [0.29, 0.717) is 0 Å². The second kappa shape index (κ2) is 8.98. The van der Waals surface area contributed by atoms with E-state index in [1.54, 1.807) is 0 Å². The Morgan fingerprint density at radius 2 is 1.70 bits per heavy atom. The zero-order valence-corrected chi connectivity index (χ0v) is 12.9. The highest BCUT2D eigenvalue weighted by Crippen LogP contribution is 2.12.